The summed E-state index contributed by atoms with van der Waals surface area (Å²) in [6.07, 6.45) is 3.98. The van der Waals surface area contributed by atoms with Gasteiger partial charge in [-0.2, -0.15) is 0 Å². The van der Waals surface area contributed by atoms with Crippen LogP contribution in [0.4, 0.5) is 4.79 Å². The van der Waals surface area contributed by atoms with Gasteiger partial charge in [0.15, 0.2) is 0 Å². The van der Waals surface area contributed by atoms with Crippen LogP contribution in [0.5, 0.6) is 0 Å². The molecule has 1 N–H and O–H groups in total. The fourth-order valence-electron chi connectivity index (χ4n) is 2.34. The molecule has 1 saturated heterocycles. The maximum Gasteiger partial charge on any atom is 0.290 e. The topological polar surface area (TPSA) is 46.2 Å². The summed E-state index contributed by atoms with van der Waals surface area (Å²) in [5, 5.41) is 1.95. The Hall–Kier alpha value is -1.98. The second kappa shape index (κ2) is 8.22. The van der Waals surface area contributed by atoms with Crippen LogP contribution in [-0.2, 0) is 11.2 Å². The minimum absolute atomic E-state index is 0.308. The van der Waals surface area contributed by atoms with Crippen molar-refractivity contribution in [2.24, 2.45) is 0 Å². The van der Waals surface area contributed by atoms with Gasteiger partial charge in [0.2, 0.25) is 0 Å². The summed E-state index contributed by atoms with van der Waals surface area (Å²) in [5.74, 6) is 0.756. The molecule has 0 bridgehead atoms. The van der Waals surface area contributed by atoms with Crippen LogP contribution in [0.2, 0.25) is 0 Å². The Morgan fingerprint density at radius 3 is 2.42 bits per heavy atom. The predicted octanol–water partition coefficient (Wildman–Crippen LogP) is 4.74. The van der Waals surface area contributed by atoms with Gasteiger partial charge >= 0.3 is 0 Å². The van der Waals surface area contributed by atoms with Crippen LogP contribution in [0, 0.1) is 0 Å². The third-order valence-corrected chi connectivity index (χ3v) is 5.45. The predicted molar refractivity (Wildman–Crippen MR) is 101 cm³/mol. The second-order valence-electron chi connectivity index (χ2n) is 5.36. The average molecular weight is 355 g/mol. The molecule has 0 aromatic heterocycles. The van der Waals surface area contributed by atoms with E-state index in [0.717, 1.165) is 35.9 Å². The standard InChI is InChI=1S/C19H17NO2S2/c21-18-17(24-19(22)20-18)13-15-8-10-16(11-9-15)23-12-4-7-14-5-2-1-3-6-14/h1-3,5-6,8-11,13H,4,7,12H2,(H,20,21,22)/b17-13-. The van der Waals surface area contributed by atoms with E-state index in [-0.39, 0.29) is 11.1 Å². The number of rotatable bonds is 6. The molecule has 1 fully saturated rings. The largest absolute Gasteiger partial charge is 0.290 e. The number of benzene rings is 2. The first-order valence-electron chi connectivity index (χ1n) is 7.72. The molecule has 0 saturated carbocycles. The van der Waals surface area contributed by atoms with E-state index in [1.807, 2.05) is 30.0 Å². The van der Waals surface area contributed by atoms with E-state index in [9.17, 15) is 9.59 Å². The molecular formula is C19H17NO2S2. The van der Waals surface area contributed by atoms with Crippen LogP contribution in [-0.4, -0.2) is 16.9 Å². The molecule has 3 nitrogen and oxygen atoms in total. The smallest absolute Gasteiger partial charge is 0.282 e. The minimum Gasteiger partial charge on any atom is -0.282 e. The van der Waals surface area contributed by atoms with Crippen LogP contribution in [0.3, 0.4) is 0 Å². The van der Waals surface area contributed by atoms with E-state index >= 15 is 0 Å². The first-order valence-corrected chi connectivity index (χ1v) is 9.52. The monoisotopic (exact) mass is 355 g/mol. The van der Waals surface area contributed by atoms with E-state index in [4.69, 9.17) is 0 Å². The molecular weight excluding hydrogens is 338 g/mol. The van der Waals surface area contributed by atoms with E-state index in [1.165, 1.54) is 10.5 Å². The highest BCUT2D eigenvalue weighted by Gasteiger charge is 2.24. The van der Waals surface area contributed by atoms with E-state index in [0.29, 0.717) is 4.91 Å². The number of aryl methyl sites for hydroxylation is 1. The minimum atomic E-state index is -0.315. The number of thioether (sulfide) groups is 2. The van der Waals surface area contributed by atoms with Gasteiger partial charge in [-0.3, -0.25) is 14.9 Å². The Kier molecular flexibility index (Phi) is 5.77. The molecule has 1 aliphatic heterocycles. The molecule has 24 heavy (non-hydrogen) atoms. The first-order chi connectivity index (χ1) is 11.7. The lowest BCUT2D eigenvalue weighted by molar-refractivity contribution is -0.115. The maximum absolute atomic E-state index is 11.5. The zero-order chi connectivity index (χ0) is 16.8. The zero-order valence-corrected chi connectivity index (χ0v) is 14.7. The van der Waals surface area contributed by atoms with Gasteiger partial charge in [0.05, 0.1) is 4.91 Å². The van der Waals surface area contributed by atoms with Crippen LogP contribution < -0.4 is 5.32 Å². The van der Waals surface area contributed by atoms with Gasteiger partial charge in [-0.15, -0.1) is 11.8 Å². The van der Waals surface area contributed by atoms with Gasteiger partial charge in [-0.05, 0) is 59.7 Å². The number of hydrogen-bond acceptors (Lipinski definition) is 4. The normalized spacial score (nSPS) is 15.8. The summed E-state index contributed by atoms with van der Waals surface area (Å²) >= 11 is 2.78. The van der Waals surface area contributed by atoms with Crippen molar-refractivity contribution in [3.05, 3.63) is 70.6 Å². The number of carbonyl (C=O) groups excluding carboxylic acids is 2. The molecule has 2 aromatic carbocycles. The lowest BCUT2D eigenvalue weighted by atomic mass is 10.1. The summed E-state index contributed by atoms with van der Waals surface area (Å²) in [5.41, 5.74) is 2.30. The van der Waals surface area contributed by atoms with E-state index in [2.05, 4.69) is 41.7 Å². The summed E-state index contributed by atoms with van der Waals surface area (Å²) in [7, 11) is 0. The van der Waals surface area contributed by atoms with Crippen LogP contribution in [0.25, 0.3) is 6.08 Å². The fraction of sp³-hybridized carbons (Fsp3) is 0.158. The number of hydrogen-bond donors (Lipinski definition) is 1. The molecule has 2 amide bonds. The van der Waals surface area contributed by atoms with Crippen molar-refractivity contribution in [1.29, 1.82) is 0 Å². The Bertz CT molecular complexity index is 755. The lowest BCUT2D eigenvalue weighted by Gasteiger charge is -2.03. The van der Waals surface area contributed by atoms with Crippen molar-refractivity contribution in [3.63, 3.8) is 0 Å². The fourth-order valence-corrected chi connectivity index (χ4v) is 3.88. The Morgan fingerprint density at radius 1 is 1.00 bits per heavy atom. The van der Waals surface area contributed by atoms with Crippen molar-refractivity contribution in [1.82, 2.24) is 5.32 Å². The highest BCUT2D eigenvalue weighted by atomic mass is 32.2. The molecule has 0 unspecified atom stereocenters. The molecule has 0 atom stereocenters. The van der Waals surface area contributed by atoms with Crippen molar-refractivity contribution < 1.29 is 9.59 Å². The van der Waals surface area contributed by atoms with Gasteiger partial charge in [0, 0.05) is 4.90 Å². The van der Waals surface area contributed by atoms with Gasteiger partial charge in [-0.25, -0.2) is 0 Å². The maximum atomic E-state index is 11.5. The third-order valence-electron chi connectivity index (χ3n) is 3.54. The third kappa shape index (κ3) is 4.76. The van der Waals surface area contributed by atoms with Crippen molar-refractivity contribution >= 4 is 40.7 Å². The zero-order valence-electron chi connectivity index (χ0n) is 13.0. The van der Waals surface area contributed by atoms with Crippen molar-refractivity contribution in [3.8, 4) is 0 Å². The molecule has 122 valence electrons. The average Bonchev–Trinajstić information content (AvgIpc) is 2.91. The molecule has 1 aliphatic rings. The SMILES string of the molecule is O=C1NC(=O)/C(=C/c2ccc(SCCCc3ccccc3)cc2)S1. The van der Waals surface area contributed by atoms with E-state index in [1.54, 1.807) is 6.08 Å². The Labute approximate surface area is 149 Å². The van der Waals surface area contributed by atoms with Crippen LogP contribution in [0.15, 0.2) is 64.4 Å². The van der Waals surface area contributed by atoms with E-state index < -0.39 is 0 Å². The highest BCUT2D eigenvalue weighted by Crippen LogP contribution is 2.26. The molecule has 2 aromatic rings. The summed E-state index contributed by atoms with van der Waals surface area (Å²) in [4.78, 5) is 24.3. The molecule has 0 spiro atoms. The van der Waals surface area contributed by atoms with Gasteiger partial charge in [0.1, 0.15) is 0 Å². The van der Waals surface area contributed by atoms with Crippen molar-refractivity contribution in [2.45, 2.75) is 17.7 Å². The van der Waals surface area contributed by atoms with Crippen LogP contribution in [0.1, 0.15) is 17.5 Å². The molecule has 1 heterocycles. The summed E-state index contributed by atoms with van der Waals surface area (Å²) in [6, 6.07) is 18.6. The number of nitrogens with one attached hydrogen (secondary N) is 1. The van der Waals surface area contributed by atoms with Gasteiger partial charge in [0.25, 0.3) is 11.1 Å². The highest BCUT2D eigenvalue weighted by molar-refractivity contribution is 8.18. The first kappa shape index (κ1) is 16.9. The Morgan fingerprint density at radius 2 is 1.75 bits per heavy atom. The molecule has 3 rings (SSSR count). The molecule has 0 radical (unpaired) electrons. The van der Waals surface area contributed by atoms with Crippen molar-refractivity contribution in [2.75, 3.05) is 5.75 Å². The summed E-state index contributed by atoms with van der Waals surface area (Å²) < 4.78 is 0. The quantitative estimate of drug-likeness (QED) is 0.462. The molecule has 0 aliphatic carbocycles. The summed E-state index contributed by atoms with van der Waals surface area (Å²) in [6.45, 7) is 0. The molecule has 5 heteroatoms. The number of carbonyl (C=O) groups is 2. The second-order valence-corrected chi connectivity index (χ2v) is 7.54. The Balaban J connectivity index is 1.49. The number of imide groups is 1. The number of amides is 2. The van der Waals surface area contributed by atoms with Crippen LogP contribution >= 0.6 is 23.5 Å². The van der Waals surface area contributed by atoms with Gasteiger partial charge in [-0.1, -0.05) is 42.5 Å². The lowest BCUT2D eigenvalue weighted by Crippen LogP contribution is -2.17. The van der Waals surface area contributed by atoms with Gasteiger partial charge < -0.3 is 0 Å².